The van der Waals surface area contributed by atoms with E-state index in [1.165, 1.54) is 12.1 Å². The molecule has 1 aromatic heterocycles. The summed E-state index contributed by atoms with van der Waals surface area (Å²) in [6, 6.07) is 4.35. The van der Waals surface area contributed by atoms with Crippen molar-refractivity contribution in [2.45, 2.75) is 19.4 Å². The maximum atomic E-state index is 13.2. The highest BCUT2D eigenvalue weighted by Crippen LogP contribution is 2.17. The molecule has 1 fully saturated rings. The van der Waals surface area contributed by atoms with Crippen molar-refractivity contribution in [2.75, 3.05) is 26.7 Å². The van der Waals surface area contributed by atoms with Crippen LogP contribution in [0.2, 0.25) is 0 Å². The van der Waals surface area contributed by atoms with Crippen molar-refractivity contribution in [3.8, 4) is 0 Å². The molecule has 1 saturated heterocycles. The molecule has 3 rings (SSSR count). The van der Waals surface area contributed by atoms with Crippen molar-refractivity contribution in [3.63, 3.8) is 0 Å². The van der Waals surface area contributed by atoms with E-state index in [0.717, 1.165) is 0 Å². The number of imidazole rings is 1. The van der Waals surface area contributed by atoms with E-state index in [-0.39, 0.29) is 23.5 Å². The second kappa shape index (κ2) is 7.18. The number of rotatable bonds is 5. The summed E-state index contributed by atoms with van der Waals surface area (Å²) in [7, 11) is 1.71. The number of fused-ring (bicyclic) bond motifs is 1. The van der Waals surface area contributed by atoms with Crippen molar-refractivity contribution in [1.82, 2.24) is 19.8 Å². The minimum Gasteiger partial charge on any atom is -0.369 e. The second-order valence-electron chi connectivity index (χ2n) is 6.55. The van der Waals surface area contributed by atoms with Crippen LogP contribution in [0.4, 0.5) is 4.39 Å². The van der Waals surface area contributed by atoms with E-state index in [0.29, 0.717) is 55.9 Å². The highest BCUT2D eigenvalue weighted by atomic mass is 19.1. The monoisotopic (exact) mass is 347 g/mol. The summed E-state index contributed by atoms with van der Waals surface area (Å²) in [6.07, 6.45) is 1.39. The molecule has 1 aromatic carbocycles. The van der Waals surface area contributed by atoms with E-state index in [2.05, 4.69) is 9.97 Å². The Morgan fingerprint density at radius 2 is 2.12 bits per heavy atom. The van der Waals surface area contributed by atoms with Crippen LogP contribution in [0.1, 0.15) is 18.7 Å². The molecular formula is C17H22FN5O2. The van der Waals surface area contributed by atoms with Crippen molar-refractivity contribution >= 4 is 22.8 Å². The van der Waals surface area contributed by atoms with Gasteiger partial charge < -0.3 is 15.6 Å². The molecule has 2 heterocycles. The lowest BCUT2D eigenvalue weighted by Crippen LogP contribution is -2.44. The molecule has 0 unspecified atom stereocenters. The lowest BCUT2D eigenvalue weighted by molar-refractivity contribution is -0.132. The number of primary amides is 1. The van der Waals surface area contributed by atoms with E-state index < -0.39 is 0 Å². The molecule has 0 saturated carbocycles. The number of likely N-dealkylation sites (tertiary alicyclic amines) is 1. The zero-order valence-electron chi connectivity index (χ0n) is 14.2. The smallest absolute Gasteiger partial charge is 0.236 e. The number of nitrogens with zero attached hydrogens (tertiary/aromatic N) is 3. The fourth-order valence-electron chi connectivity index (χ4n) is 3.11. The first-order valence-electron chi connectivity index (χ1n) is 8.32. The predicted octanol–water partition coefficient (Wildman–Crippen LogP) is 0.858. The van der Waals surface area contributed by atoms with Crippen molar-refractivity contribution in [1.29, 1.82) is 0 Å². The Morgan fingerprint density at radius 1 is 1.40 bits per heavy atom. The summed E-state index contributed by atoms with van der Waals surface area (Å²) in [5.41, 5.74) is 6.61. The van der Waals surface area contributed by atoms with Crippen molar-refractivity contribution in [3.05, 3.63) is 29.8 Å². The first-order chi connectivity index (χ1) is 11.9. The zero-order valence-corrected chi connectivity index (χ0v) is 14.2. The van der Waals surface area contributed by atoms with Gasteiger partial charge in [-0.2, -0.15) is 0 Å². The van der Waals surface area contributed by atoms with Crippen LogP contribution in [0, 0.1) is 11.7 Å². The third-order valence-electron chi connectivity index (χ3n) is 4.65. The lowest BCUT2D eigenvalue weighted by Gasteiger charge is -2.31. The minimum atomic E-state index is -0.327. The third-order valence-corrected chi connectivity index (χ3v) is 4.65. The number of hydrogen-bond donors (Lipinski definition) is 2. The zero-order chi connectivity index (χ0) is 18.0. The van der Waals surface area contributed by atoms with Crippen LogP contribution in [0.3, 0.4) is 0 Å². The number of halogens is 1. The van der Waals surface area contributed by atoms with Gasteiger partial charge in [-0.25, -0.2) is 9.37 Å². The van der Waals surface area contributed by atoms with Crippen molar-refractivity contribution in [2.24, 2.45) is 11.7 Å². The average Bonchev–Trinajstić information content (AvgIpc) is 2.96. The average molecular weight is 347 g/mol. The van der Waals surface area contributed by atoms with E-state index in [1.807, 2.05) is 4.90 Å². The Kier molecular flexibility index (Phi) is 4.98. The van der Waals surface area contributed by atoms with Crippen LogP contribution in [-0.2, 0) is 16.1 Å². The number of amides is 2. The van der Waals surface area contributed by atoms with Gasteiger partial charge in [0, 0.05) is 13.0 Å². The molecule has 0 spiro atoms. The number of aromatic nitrogens is 2. The van der Waals surface area contributed by atoms with E-state index in [9.17, 15) is 14.0 Å². The highest BCUT2D eigenvalue weighted by molar-refractivity contribution is 5.79. The van der Waals surface area contributed by atoms with E-state index in [1.54, 1.807) is 18.0 Å². The van der Waals surface area contributed by atoms with Gasteiger partial charge in [0.1, 0.15) is 11.6 Å². The number of hydrogen-bond acceptors (Lipinski definition) is 4. The number of nitrogens with one attached hydrogen (secondary N) is 1. The molecule has 2 aromatic rings. The Balaban J connectivity index is 1.54. The number of nitrogens with two attached hydrogens (primary N) is 1. The van der Waals surface area contributed by atoms with Gasteiger partial charge in [-0.15, -0.1) is 0 Å². The first kappa shape index (κ1) is 17.3. The summed E-state index contributed by atoms with van der Waals surface area (Å²) in [4.78, 5) is 34.6. The van der Waals surface area contributed by atoms with Gasteiger partial charge in [0.25, 0.3) is 0 Å². The summed E-state index contributed by atoms with van der Waals surface area (Å²) >= 11 is 0. The maximum Gasteiger partial charge on any atom is 0.236 e. The van der Waals surface area contributed by atoms with Crippen LogP contribution in [0.15, 0.2) is 18.2 Å². The first-order valence-corrected chi connectivity index (χ1v) is 8.32. The molecule has 134 valence electrons. The Morgan fingerprint density at radius 3 is 2.80 bits per heavy atom. The Bertz CT molecular complexity index is 782. The molecular weight excluding hydrogens is 325 g/mol. The summed E-state index contributed by atoms with van der Waals surface area (Å²) in [5, 5.41) is 0. The normalized spacial score (nSPS) is 16.2. The molecule has 8 heteroatoms. The predicted molar refractivity (Wildman–Crippen MR) is 90.9 cm³/mol. The maximum absolute atomic E-state index is 13.2. The van der Waals surface area contributed by atoms with Gasteiger partial charge in [-0.3, -0.25) is 14.5 Å². The van der Waals surface area contributed by atoms with Crippen LogP contribution < -0.4 is 5.73 Å². The molecule has 2 amide bonds. The molecule has 0 aliphatic carbocycles. The second-order valence-corrected chi connectivity index (χ2v) is 6.55. The number of benzene rings is 1. The number of likely N-dealkylation sites (N-methyl/N-ethyl adjacent to an activating group) is 1. The van der Waals surface area contributed by atoms with Gasteiger partial charge in [-0.1, -0.05) is 0 Å². The van der Waals surface area contributed by atoms with Crippen LogP contribution in [0.25, 0.3) is 11.0 Å². The molecule has 7 nitrogen and oxygen atoms in total. The fraction of sp³-hybridized carbons (Fsp3) is 0.471. The molecule has 0 atom stereocenters. The number of H-pyrrole nitrogens is 1. The molecule has 3 N–H and O–H groups in total. The lowest BCUT2D eigenvalue weighted by atomic mass is 9.96. The van der Waals surface area contributed by atoms with Crippen LogP contribution in [-0.4, -0.2) is 58.3 Å². The topological polar surface area (TPSA) is 95.3 Å². The van der Waals surface area contributed by atoms with Gasteiger partial charge in [0.2, 0.25) is 11.8 Å². The summed E-state index contributed by atoms with van der Waals surface area (Å²) < 4.78 is 13.2. The third kappa shape index (κ3) is 4.14. The van der Waals surface area contributed by atoms with E-state index >= 15 is 0 Å². The standard InChI is InChI=1S/C17H22FN5O2/c1-22(9-15-20-13-3-2-12(18)8-14(13)21-15)16(24)10-23-6-4-11(5-7-23)17(19)25/h2-3,8,11H,4-7,9-10H2,1H3,(H2,19,25)(H,20,21). The number of carbonyl (C=O) groups excluding carboxylic acids is 2. The summed E-state index contributed by atoms with van der Waals surface area (Å²) in [6.45, 7) is 2.01. The van der Waals surface area contributed by atoms with Crippen LogP contribution >= 0.6 is 0 Å². The Labute approximate surface area is 145 Å². The van der Waals surface area contributed by atoms with Gasteiger partial charge in [0.15, 0.2) is 0 Å². The molecule has 25 heavy (non-hydrogen) atoms. The number of carbonyl (C=O) groups is 2. The Hall–Kier alpha value is -2.48. The van der Waals surface area contributed by atoms with Gasteiger partial charge >= 0.3 is 0 Å². The summed E-state index contributed by atoms with van der Waals surface area (Å²) in [5.74, 6) is -0.0796. The van der Waals surface area contributed by atoms with Crippen LogP contribution in [0.5, 0.6) is 0 Å². The highest BCUT2D eigenvalue weighted by Gasteiger charge is 2.25. The fourth-order valence-corrected chi connectivity index (χ4v) is 3.11. The van der Waals surface area contributed by atoms with E-state index in [4.69, 9.17) is 5.73 Å². The number of aromatic amines is 1. The largest absolute Gasteiger partial charge is 0.369 e. The van der Waals surface area contributed by atoms with Gasteiger partial charge in [-0.05, 0) is 44.1 Å². The molecule has 0 radical (unpaired) electrons. The quantitative estimate of drug-likeness (QED) is 0.838. The molecule has 0 bridgehead atoms. The van der Waals surface area contributed by atoms with Crippen molar-refractivity contribution < 1.29 is 14.0 Å². The van der Waals surface area contributed by atoms with Gasteiger partial charge in [0.05, 0.1) is 24.1 Å². The minimum absolute atomic E-state index is 0.0239. The molecule has 1 aliphatic rings. The number of piperidine rings is 1. The SMILES string of the molecule is CN(Cc1nc2ccc(F)cc2[nH]1)C(=O)CN1CCC(C(N)=O)CC1. The molecule has 1 aliphatic heterocycles.